The third-order valence-corrected chi connectivity index (χ3v) is 2.94. The maximum atomic E-state index is 5.94. The van der Waals surface area contributed by atoms with E-state index in [-0.39, 0.29) is 6.04 Å². The van der Waals surface area contributed by atoms with Crippen molar-refractivity contribution in [3.8, 4) is 11.5 Å². The highest BCUT2D eigenvalue weighted by molar-refractivity contribution is 5.40. The topological polar surface area (TPSA) is 35.2 Å². The van der Waals surface area contributed by atoms with Gasteiger partial charge in [0.15, 0.2) is 0 Å². The predicted molar refractivity (Wildman–Crippen MR) is 74.9 cm³/mol. The van der Waals surface area contributed by atoms with Crippen molar-refractivity contribution < 1.29 is 4.74 Å². The molecule has 2 rings (SSSR count). The number of para-hydroxylation sites is 1. The van der Waals surface area contributed by atoms with Crippen molar-refractivity contribution in [3.05, 3.63) is 59.7 Å². The average Bonchev–Trinajstić information content (AvgIpc) is 2.39. The SMILES string of the molecule is CCc1cccc(Oc2ccccc2[C@H](C)N)c1. The number of aryl methyl sites for hydroxylation is 1. The Hall–Kier alpha value is -1.80. The minimum atomic E-state index is -0.0319. The normalized spacial score (nSPS) is 12.2. The summed E-state index contributed by atoms with van der Waals surface area (Å²) >= 11 is 0. The van der Waals surface area contributed by atoms with Crippen LogP contribution in [-0.4, -0.2) is 0 Å². The summed E-state index contributed by atoms with van der Waals surface area (Å²) in [7, 11) is 0. The van der Waals surface area contributed by atoms with Crippen LogP contribution >= 0.6 is 0 Å². The van der Waals surface area contributed by atoms with Crippen LogP contribution in [-0.2, 0) is 6.42 Å². The van der Waals surface area contributed by atoms with Crippen LogP contribution in [0.3, 0.4) is 0 Å². The zero-order valence-electron chi connectivity index (χ0n) is 10.9. The highest BCUT2D eigenvalue weighted by Gasteiger charge is 2.08. The second-order valence-corrected chi connectivity index (χ2v) is 4.43. The number of rotatable bonds is 4. The van der Waals surface area contributed by atoms with Crippen molar-refractivity contribution in [3.63, 3.8) is 0 Å². The van der Waals surface area contributed by atoms with Gasteiger partial charge in [0.2, 0.25) is 0 Å². The molecule has 0 amide bonds. The van der Waals surface area contributed by atoms with Gasteiger partial charge in [-0.15, -0.1) is 0 Å². The molecule has 0 unspecified atom stereocenters. The summed E-state index contributed by atoms with van der Waals surface area (Å²) in [6.07, 6.45) is 1.01. The van der Waals surface area contributed by atoms with Crippen molar-refractivity contribution in [1.29, 1.82) is 0 Å². The van der Waals surface area contributed by atoms with Gasteiger partial charge in [-0.05, 0) is 37.1 Å². The highest BCUT2D eigenvalue weighted by atomic mass is 16.5. The Labute approximate surface area is 108 Å². The van der Waals surface area contributed by atoms with Gasteiger partial charge in [-0.2, -0.15) is 0 Å². The third-order valence-electron chi connectivity index (χ3n) is 2.94. The molecule has 0 bridgehead atoms. The number of benzene rings is 2. The van der Waals surface area contributed by atoms with Crippen LogP contribution in [0.5, 0.6) is 11.5 Å². The fourth-order valence-corrected chi connectivity index (χ4v) is 1.91. The molecule has 0 saturated heterocycles. The Balaban J connectivity index is 2.28. The smallest absolute Gasteiger partial charge is 0.132 e. The zero-order valence-corrected chi connectivity index (χ0v) is 10.9. The standard InChI is InChI=1S/C16H19NO/c1-3-13-7-6-8-14(11-13)18-16-10-5-4-9-15(16)12(2)17/h4-12H,3,17H2,1-2H3/t12-/m0/s1. The molecule has 0 saturated carbocycles. The van der Waals surface area contributed by atoms with E-state index in [4.69, 9.17) is 10.5 Å². The van der Waals surface area contributed by atoms with Crippen LogP contribution in [0, 0.1) is 0 Å². The molecule has 2 aromatic carbocycles. The second kappa shape index (κ2) is 5.69. The van der Waals surface area contributed by atoms with Gasteiger partial charge in [-0.25, -0.2) is 0 Å². The minimum absolute atomic E-state index is 0.0319. The number of ether oxygens (including phenoxy) is 1. The van der Waals surface area contributed by atoms with E-state index < -0.39 is 0 Å². The fourth-order valence-electron chi connectivity index (χ4n) is 1.91. The van der Waals surface area contributed by atoms with Gasteiger partial charge in [0, 0.05) is 11.6 Å². The van der Waals surface area contributed by atoms with E-state index in [1.54, 1.807) is 0 Å². The first-order chi connectivity index (χ1) is 8.70. The van der Waals surface area contributed by atoms with Crippen molar-refractivity contribution in [1.82, 2.24) is 0 Å². The molecule has 0 spiro atoms. The maximum Gasteiger partial charge on any atom is 0.132 e. The summed E-state index contributed by atoms with van der Waals surface area (Å²) in [6, 6.07) is 16.0. The summed E-state index contributed by atoms with van der Waals surface area (Å²) in [5, 5.41) is 0. The minimum Gasteiger partial charge on any atom is -0.457 e. The van der Waals surface area contributed by atoms with E-state index in [1.165, 1.54) is 5.56 Å². The molecule has 0 aromatic heterocycles. The third kappa shape index (κ3) is 2.90. The van der Waals surface area contributed by atoms with E-state index in [1.807, 2.05) is 43.3 Å². The highest BCUT2D eigenvalue weighted by Crippen LogP contribution is 2.28. The Kier molecular flexibility index (Phi) is 4.00. The largest absolute Gasteiger partial charge is 0.457 e. The van der Waals surface area contributed by atoms with Gasteiger partial charge in [-0.3, -0.25) is 0 Å². The van der Waals surface area contributed by atoms with Gasteiger partial charge < -0.3 is 10.5 Å². The molecule has 0 aliphatic rings. The molecule has 2 aromatic rings. The molecule has 0 radical (unpaired) electrons. The summed E-state index contributed by atoms with van der Waals surface area (Å²) in [5.41, 5.74) is 8.24. The summed E-state index contributed by atoms with van der Waals surface area (Å²) in [6.45, 7) is 4.10. The predicted octanol–water partition coefficient (Wildman–Crippen LogP) is 4.06. The average molecular weight is 241 g/mol. The molecule has 18 heavy (non-hydrogen) atoms. The maximum absolute atomic E-state index is 5.94. The first kappa shape index (κ1) is 12.7. The first-order valence-electron chi connectivity index (χ1n) is 6.32. The van der Waals surface area contributed by atoms with E-state index in [0.29, 0.717) is 0 Å². The van der Waals surface area contributed by atoms with Crippen molar-refractivity contribution in [2.45, 2.75) is 26.3 Å². The lowest BCUT2D eigenvalue weighted by Gasteiger charge is -2.13. The van der Waals surface area contributed by atoms with Gasteiger partial charge >= 0.3 is 0 Å². The lowest BCUT2D eigenvalue weighted by Crippen LogP contribution is -2.06. The molecule has 2 heteroatoms. The molecule has 2 N–H and O–H groups in total. The van der Waals surface area contributed by atoms with E-state index in [0.717, 1.165) is 23.5 Å². The second-order valence-electron chi connectivity index (χ2n) is 4.43. The molecule has 94 valence electrons. The zero-order chi connectivity index (χ0) is 13.0. The van der Waals surface area contributed by atoms with Crippen LogP contribution in [0.15, 0.2) is 48.5 Å². The Morgan fingerprint density at radius 2 is 1.89 bits per heavy atom. The molecular weight excluding hydrogens is 222 g/mol. The van der Waals surface area contributed by atoms with E-state index >= 15 is 0 Å². The number of nitrogens with two attached hydrogens (primary N) is 1. The molecule has 0 aliphatic heterocycles. The molecular formula is C16H19NO. The Morgan fingerprint density at radius 1 is 1.11 bits per heavy atom. The van der Waals surface area contributed by atoms with Crippen molar-refractivity contribution in [2.24, 2.45) is 5.73 Å². The van der Waals surface area contributed by atoms with Crippen LogP contribution < -0.4 is 10.5 Å². The monoisotopic (exact) mass is 241 g/mol. The van der Waals surface area contributed by atoms with Crippen molar-refractivity contribution >= 4 is 0 Å². The van der Waals surface area contributed by atoms with Gasteiger partial charge in [0.25, 0.3) is 0 Å². The van der Waals surface area contributed by atoms with Gasteiger partial charge in [0.05, 0.1) is 0 Å². The van der Waals surface area contributed by atoms with E-state index in [2.05, 4.69) is 19.1 Å². The molecule has 0 aliphatic carbocycles. The van der Waals surface area contributed by atoms with Crippen LogP contribution in [0.25, 0.3) is 0 Å². The molecule has 0 fully saturated rings. The first-order valence-corrected chi connectivity index (χ1v) is 6.32. The van der Waals surface area contributed by atoms with Gasteiger partial charge in [-0.1, -0.05) is 37.3 Å². The van der Waals surface area contributed by atoms with E-state index in [9.17, 15) is 0 Å². The molecule has 1 atom stereocenters. The van der Waals surface area contributed by atoms with Crippen LogP contribution in [0.4, 0.5) is 0 Å². The van der Waals surface area contributed by atoms with Crippen LogP contribution in [0.2, 0.25) is 0 Å². The number of hydrogen-bond donors (Lipinski definition) is 1. The summed E-state index contributed by atoms with van der Waals surface area (Å²) in [5.74, 6) is 1.70. The van der Waals surface area contributed by atoms with Gasteiger partial charge in [0.1, 0.15) is 11.5 Å². The fraction of sp³-hybridized carbons (Fsp3) is 0.250. The Morgan fingerprint density at radius 3 is 2.61 bits per heavy atom. The van der Waals surface area contributed by atoms with Crippen molar-refractivity contribution in [2.75, 3.05) is 0 Å². The summed E-state index contributed by atoms with van der Waals surface area (Å²) in [4.78, 5) is 0. The summed E-state index contributed by atoms with van der Waals surface area (Å²) < 4.78 is 5.93. The number of hydrogen-bond acceptors (Lipinski definition) is 2. The lowest BCUT2D eigenvalue weighted by molar-refractivity contribution is 0.471. The lowest BCUT2D eigenvalue weighted by atomic mass is 10.1. The Bertz CT molecular complexity index is 520. The van der Waals surface area contributed by atoms with Crippen LogP contribution in [0.1, 0.15) is 31.0 Å². The quantitative estimate of drug-likeness (QED) is 0.876. The molecule has 0 heterocycles. The molecule has 2 nitrogen and oxygen atoms in total.